The largest absolute Gasteiger partial charge is 0.369 e. The SMILES string of the molecule is Cc1nn(-c2ccccc2)nc1CCNCC(N)=O. The molecule has 0 aliphatic carbocycles. The van der Waals surface area contributed by atoms with E-state index in [2.05, 4.69) is 15.5 Å². The molecule has 1 heterocycles. The van der Waals surface area contributed by atoms with Gasteiger partial charge in [0.1, 0.15) is 0 Å². The van der Waals surface area contributed by atoms with E-state index in [-0.39, 0.29) is 12.5 Å². The molecule has 1 amide bonds. The van der Waals surface area contributed by atoms with Gasteiger partial charge >= 0.3 is 0 Å². The van der Waals surface area contributed by atoms with Crippen LogP contribution in [0.4, 0.5) is 0 Å². The van der Waals surface area contributed by atoms with Crippen molar-refractivity contribution >= 4 is 5.91 Å². The van der Waals surface area contributed by atoms with Crippen LogP contribution in [-0.2, 0) is 11.2 Å². The van der Waals surface area contributed by atoms with Gasteiger partial charge in [0.05, 0.1) is 23.6 Å². The Kier molecular flexibility index (Phi) is 4.25. The number of benzene rings is 1. The minimum absolute atomic E-state index is 0.186. The maximum atomic E-state index is 10.6. The second-order valence-corrected chi connectivity index (χ2v) is 4.25. The number of carbonyl (C=O) groups is 1. The second kappa shape index (κ2) is 6.10. The van der Waals surface area contributed by atoms with Crippen molar-refractivity contribution in [2.45, 2.75) is 13.3 Å². The molecule has 6 nitrogen and oxygen atoms in total. The third kappa shape index (κ3) is 3.62. The van der Waals surface area contributed by atoms with Gasteiger partial charge in [-0.15, -0.1) is 0 Å². The van der Waals surface area contributed by atoms with Crippen LogP contribution in [0, 0.1) is 6.92 Å². The molecule has 1 aromatic heterocycles. The number of nitrogens with zero attached hydrogens (tertiary/aromatic N) is 3. The molecule has 0 aliphatic rings. The zero-order valence-corrected chi connectivity index (χ0v) is 10.8. The first-order valence-corrected chi connectivity index (χ1v) is 6.14. The summed E-state index contributed by atoms with van der Waals surface area (Å²) >= 11 is 0. The Morgan fingerprint density at radius 1 is 1.32 bits per heavy atom. The summed E-state index contributed by atoms with van der Waals surface area (Å²) in [6.45, 7) is 2.76. The first-order valence-electron chi connectivity index (χ1n) is 6.14. The average molecular weight is 259 g/mol. The number of nitrogens with one attached hydrogen (secondary N) is 1. The van der Waals surface area contributed by atoms with Crippen LogP contribution in [0.5, 0.6) is 0 Å². The van der Waals surface area contributed by atoms with E-state index in [1.54, 1.807) is 4.80 Å². The van der Waals surface area contributed by atoms with Gasteiger partial charge in [0, 0.05) is 13.0 Å². The highest BCUT2D eigenvalue weighted by Gasteiger charge is 2.07. The monoisotopic (exact) mass is 259 g/mol. The summed E-state index contributed by atoms with van der Waals surface area (Å²) in [6.07, 6.45) is 0.714. The van der Waals surface area contributed by atoms with E-state index in [1.165, 1.54) is 0 Å². The molecule has 0 spiro atoms. The Labute approximate surface area is 111 Å². The Morgan fingerprint density at radius 3 is 2.74 bits per heavy atom. The van der Waals surface area contributed by atoms with Crippen molar-refractivity contribution in [1.29, 1.82) is 0 Å². The van der Waals surface area contributed by atoms with E-state index in [9.17, 15) is 4.79 Å². The van der Waals surface area contributed by atoms with Crippen molar-refractivity contribution < 1.29 is 4.79 Å². The predicted octanol–water partition coefficient (Wildman–Crippen LogP) is 0.193. The van der Waals surface area contributed by atoms with Gasteiger partial charge in [-0.2, -0.15) is 15.0 Å². The van der Waals surface area contributed by atoms with Crippen LogP contribution in [0.3, 0.4) is 0 Å². The van der Waals surface area contributed by atoms with Gasteiger partial charge in [-0.1, -0.05) is 18.2 Å². The molecular weight excluding hydrogens is 242 g/mol. The first kappa shape index (κ1) is 13.2. The van der Waals surface area contributed by atoms with Gasteiger partial charge in [0.15, 0.2) is 0 Å². The number of rotatable bonds is 6. The summed E-state index contributed by atoms with van der Waals surface area (Å²) in [5.74, 6) is -0.357. The van der Waals surface area contributed by atoms with Crippen molar-refractivity contribution in [3.8, 4) is 5.69 Å². The molecular formula is C13H17N5O. The third-order valence-corrected chi connectivity index (χ3v) is 2.70. The fraction of sp³-hybridized carbons (Fsp3) is 0.308. The van der Waals surface area contributed by atoms with Crippen molar-refractivity contribution in [3.05, 3.63) is 41.7 Å². The Bertz CT molecular complexity index is 549. The second-order valence-electron chi connectivity index (χ2n) is 4.25. The first-order chi connectivity index (χ1) is 9.16. The molecule has 0 aliphatic heterocycles. The minimum Gasteiger partial charge on any atom is -0.369 e. The summed E-state index contributed by atoms with van der Waals surface area (Å²) in [7, 11) is 0. The highest BCUT2D eigenvalue weighted by atomic mass is 16.1. The highest BCUT2D eigenvalue weighted by Crippen LogP contribution is 2.08. The fourth-order valence-corrected chi connectivity index (χ4v) is 1.73. The van der Waals surface area contributed by atoms with Gasteiger partial charge < -0.3 is 11.1 Å². The zero-order chi connectivity index (χ0) is 13.7. The zero-order valence-electron chi connectivity index (χ0n) is 10.8. The van der Waals surface area contributed by atoms with Crippen molar-refractivity contribution in [2.24, 2.45) is 5.73 Å². The standard InChI is InChI=1S/C13H17N5O/c1-10-12(7-8-15-9-13(14)19)17-18(16-10)11-5-3-2-4-6-11/h2-6,15H,7-9H2,1H3,(H2,14,19). The van der Waals surface area contributed by atoms with Crippen LogP contribution in [0.1, 0.15) is 11.4 Å². The van der Waals surface area contributed by atoms with Crippen LogP contribution in [0.15, 0.2) is 30.3 Å². The number of aryl methyl sites for hydroxylation is 1. The number of primary amides is 1. The van der Waals surface area contributed by atoms with E-state index >= 15 is 0 Å². The van der Waals surface area contributed by atoms with Crippen LogP contribution < -0.4 is 11.1 Å². The minimum atomic E-state index is -0.357. The Morgan fingerprint density at radius 2 is 2.05 bits per heavy atom. The molecule has 3 N–H and O–H groups in total. The highest BCUT2D eigenvalue weighted by molar-refractivity contribution is 5.75. The number of hydrogen-bond acceptors (Lipinski definition) is 4. The van der Waals surface area contributed by atoms with Gasteiger partial charge in [-0.3, -0.25) is 4.79 Å². The lowest BCUT2D eigenvalue weighted by atomic mass is 10.2. The summed E-state index contributed by atoms with van der Waals surface area (Å²) in [5.41, 5.74) is 7.79. The number of carbonyl (C=O) groups excluding carboxylic acids is 1. The number of hydrogen-bond donors (Lipinski definition) is 2. The number of amides is 1. The molecule has 0 atom stereocenters. The fourth-order valence-electron chi connectivity index (χ4n) is 1.73. The van der Waals surface area contributed by atoms with Crippen molar-refractivity contribution in [2.75, 3.05) is 13.1 Å². The molecule has 0 unspecified atom stereocenters. The lowest BCUT2D eigenvalue weighted by Crippen LogP contribution is -2.30. The Balaban J connectivity index is 1.99. The molecule has 100 valence electrons. The summed E-state index contributed by atoms with van der Waals surface area (Å²) in [4.78, 5) is 12.2. The topological polar surface area (TPSA) is 85.8 Å². The lowest BCUT2D eigenvalue weighted by Gasteiger charge is -2.00. The predicted molar refractivity (Wildman–Crippen MR) is 71.9 cm³/mol. The van der Waals surface area contributed by atoms with Crippen LogP contribution in [0.2, 0.25) is 0 Å². The number of aromatic nitrogens is 3. The summed E-state index contributed by atoms with van der Waals surface area (Å²) in [5, 5.41) is 11.8. The molecule has 2 aromatic rings. The van der Waals surface area contributed by atoms with Crippen LogP contribution >= 0.6 is 0 Å². The molecule has 0 bridgehead atoms. The molecule has 19 heavy (non-hydrogen) atoms. The maximum absolute atomic E-state index is 10.6. The maximum Gasteiger partial charge on any atom is 0.231 e. The number of para-hydroxylation sites is 1. The van der Waals surface area contributed by atoms with E-state index in [4.69, 9.17) is 5.73 Å². The smallest absolute Gasteiger partial charge is 0.231 e. The average Bonchev–Trinajstić information content (AvgIpc) is 2.77. The lowest BCUT2D eigenvalue weighted by molar-refractivity contribution is -0.117. The summed E-state index contributed by atoms with van der Waals surface area (Å²) < 4.78 is 0. The molecule has 0 saturated carbocycles. The molecule has 0 radical (unpaired) electrons. The van der Waals surface area contributed by atoms with Gasteiger partial charge in [-0.25, -0.2) is 0 Å². The Hall–Kier alpha value is -2.21. The van der Waals surface area contributed by atoms with E-state index in [0.717, 1.165) is 17.1 Å². The quantitative estimate of drug-likeness (QED) is 0.725. The van der Waals surface area contributed by atoms with E-state index in [0.29, 0.717) is 13.0 Å². The van der Waals surface area contributed by atoms with Crippen LogP contribution in [0.25, 0.3) is 5.69 Å². The van der Waals surface area contributed by atoms with Crippen molar-refractivity contribution in [3.63, 3.8) is 0 Å². The van der Waals surface area contributed by atoms with Gasteiger partial charge in [-0.05, 0) is 19.1 Å². The number of nitrogens with two attached hydrogens (primary N) is 1. The molecule has 2 rings (SSSR count). The van der Waals surface area contributed by atoms with Gasteiger partial charge in [0.2, 0.25) is 5.91 Å². The molecule has 6 heteroatoms. The molecule has 0 fully saturated rings. The summed E-state index contributed by atoms with van der Waals surface area (Å²) in [6, 6.07) is 9.75. The normalized spacial score (nSPS) is 10.6. The van der Waals surface area contributed by atoms with Gasteiger partial charge in [0.25, 0.3) is 0 Å². The van der Waals surface area contributed by atoms with Crippen LogP contribution in [-0.4, -0.2) is 34.0 Å². The molecule has 0 saturated heterocycles. The molecule has 1 aromatic carbocycles. The van der Waals surface area contributed by atoms with E-state index < -0.39 is 0 Å². The third-order valence-electron chi connectivity index (χ3n) is 2.70. The van der Waals surface area contributed by atoms with Crippen molar-refractivity contribution in [1.82, 2.24) is 20.3 Å². The van der Waals surface area contributed by atoms with E-state index in [1.807, 2.05) is 37.3 Å².